The molecule has 0 saturated heterocycles. The Balaban J connectivity index is 1.54. The van der Waals surface area contributed by atoms with Gasteiger partial charge in [-0.2, -0.15) is 5.10 Å². The van der Waals surface area contributed by atoms with Crippen molar-refractivity contribution >= 4 is 57.2 Å². The van der Waals surface area contributed by atoms with Gasteiger partial charge in [-0.3, -0.25) is 15.1 Å². The number of aryl methyl sites for hydroxylation is 1. The molecule has 1 amide bonds. The molecular weight excluding hydrogens is 465 g/mol. The molecular formula is C20H14Cl3N5OS. The van der Waals surface area contributed by atoms with Crippen molar-refractivity contribution in [1.29, 1.82) is 0 Å². The van der Waals surface area contributed by atoms with Crippen molar-refractivity contribution in [2.75, 3.05) is 5.32 Å². The summed E-state index contributed by atoms with van der Waals surface area (Å²) < 4.78 is 1.53. The Hall–Kier alpha value is -2.45. The Morgan fingerprint density at radius 2 is 2.00 bits per heavy atom. The number of aromatic nitrogens is 4. The van der Waals surface area contributed by atoms with E-state index in [-0.39, 0.29) is 16.6 Å². The standard InChI is InChI=1S/C20H14Cl3N5OS/c1-11-17(18(23)28(27-11)9-12-5-6-13(21)8-14(12)22)19(29)26-20-25-16(10-30-20)15-4-2-3-7-24-15/h2-8,10H,9H2,1H3,(H,25,26,29). The van der Waals surface area contributed by atoms with Crippen LogP contribution in [0.3, 0.4) is 0 Å². The van der Waals surface area contributed by atoms with E-state index in [4.69, 9.17) is 34.8 Å². The summed E-state index contributed by atoms with van der Waals surface area (Å²) in [6.45, 7) is 2.03. The van der Waals surface area contributed by atoms with Crippen molar-refractivity contribution in [3.63, 3.8) is 0 Å². The molecule has 0 radical (unpaired) electrons. The van der Waals surface area contributed by atoms with Gasteiger partial charge >= 0.3 is 0 Å². The molecule has 0 atom stereocenters. The molecule has 152 valence electrons. The smallest absolute Gasteiger partial charge is 0.262 e. The topological polar surface area (TPSA) is 72.7 Å². The summed E-state index contributed by atoms with van der Waals surface area (Å²) in [5.41, 5.74) is 3.00. The number of carbonyl (C=O) groups excluding carboxylic acids is 1. The summed E-state index contributed by atoms with van der Waals surface area (Å²) in [4.78, 5) is 21.5. The molecule has 3 aromatic heterocycles. The third-order valence-electron chi connectivity index (χ3n) is 4.28. The van der Waals surface area contributed by atoms with E-state index in [1.54, 1.807) is 31.3 Å². The van der Waals surface area contributed by atoms with Gasteiger partial charge in [0.05, 0.1) is 23.5 Å². The number of nitrogens with zero attached hydrogens (tertiary/aromatic N) is 4. The molecule has 4 aromatic rings. The molecule has 30 heavy (non-hydrogen) atoms. The summed E-state index contributed by atoms with van der Waals surface area (Å²) in [6, 6.07) is 10.8. The maximum atomic E-state index is 12.8. The SMILES string of the molecule is Cc1nn(Cc2ccc(Cl)cc2Cl)c(Cl)c1C(=O)Nc1nc(-c2ccccn2)cs1. The lowest BCUT2D eigenvalue weighted by molar-refractivity contribution is 0.102. The Bertz CT molecular complexity index is 1220. The summed E-state index contributed by atoms with van der Waals surface area (Å²) in [7, 11) is 0. The highest BCUT2D eigenvalue weighted by molar-refractivity contribution is 7.14. The van der Waals surface area contributed by atoms with E-state index in [9.17, 15) is 4.79 Å². The number of anilines is 1. The zero-order valence-electron chi connectivity index (χ0n) is 15.6. The van der Waals surface area contributed by atoms with Crippen molar-refractivity contribution in [3.05, 3.63) is 80.0 Å². The third kappa shape index (κ3) is 4.34. The molecule has 0 unspecified atom stereocenters. The van der Waals surface area contributed by atoms with Crippen LogP contribution in [0, 0.1) is 6.92 Å². The van der Waals surface area contributed by atoms with Gasteiger partial charge in [0.1, 0.15) is 10.8 Å². The molecule has 1 N–H and O–H groups in total. The number of hydrogen-bond donors (Lipinski definition) is 1. The largest absolute Gasteiger partial charge is 0.298 e. The fraction of sp³-hybridized carbons (Fsp3) is 0.100. The monoisotopic (exact) mass is 477 g/mol. The van der Waals surface area contributed by atoms with Crippen molar-refractivity contribution in [1.82, 2.24) is 19.7 Å². The highest BCUT2D eigenvalue weighted by atomic mass is 35.5. The zero-order valence-corrected chi connectivity index (χ0v) is 18.6. The molecule has 0 spiro atoms. The summed E-state index contributed by atoms with van der Waals surface area (Å²) in [5.74, 6) is -0.382. The van der Waals surface area contributed by atoms with Crippen LogP contribution in [0.15, 0.2) is 48.0 Å². The minimum Gasteiger partial charge on any atom is -0.298 e. The van der Waals surface area contributed by atoms with Crippen molar-refractivity contribution in [2.24, 2.45) is 0 Å². The first-order valence-corrected chi connectivity index (χ1v) is 10.8. The molecule has 3 heterocycles. The first-order chi connectivity index (χ1) is 14.4. The van der Waals surface area contributed by atoms with Gasteiger partial charge in [0.25, 0.3) is 5.91 Å². The molecule has 6 nitrogen and oxygen atoms in total. The predicted molar refractivity (Wildman–Crippen MR) is 121 cm³/mol. The first kappa shape index (κ1) is 20.8. The van der Waals surface area contributed by atoms with Gasteiger partial charge < -0.3 is 0 Å². The van der Waals surface area contributed by atoms with Crippen molar-refractivity contribution < 1.29 is 4.79 Å². The van der Waals surface area contributed by atoms with Crippen LogP contribution in [0.1, 0.15) is 21.6 Å². The molecule has 0 saturated carbocycles. The molecule has 0 bridgehead atoms. The Kier molecular flexibility index (Phi) is 6.06. The Morgan fingerprint density at radius 3 is 2.73 bits per heavy atom. The number of thiazole rings is 1. The minimum absolute atomic E-state index is 0.220. The highest BCUT2D eigenvalue weighted by Gasteiger charge is 2.22. The molecule has 0 aliphatic heterocycles. The fourth-order valence-corrected chi connectivity index (χ4v) is 4.34. The van der Waals surface area contributed by atoms with E-state index in [1.165, 1.54) is 16.0 Å². The van der Waals surface area contributed by atoms with Crippen molar-refractivity contribution in [3.8, 4) is 11.4 Å². The number of amides is 1. The van der Waals surface area contributed by atoms with E-state index >= 15 is 0 Å². The van der Waals surface area contributed by atoms with E-state index < -0.39 is 0 Å². The molecule has 0 aliphatic carbocycles. The van der Waals surface area contributed by atoms with Crippen LogP contribution in [0.4, 0.5) is 5.13 Å². The van der Waals surface area contributed by atoms with Crippen LogP contribution in [0.5, 0.6) is 0 Å². The van der Waals surface area contributed by atoms with Gasteiger partial charge in [-0.25, -0.2) is 9.67 Å². The lowest BCUT2D eigenvalue weighted by Crippen LogP contribution is -2.13. The van der Waals surface area contributed by atoms with Crippen molar-refractivity contribution in [2.45, 2.75) is 13.5 Å². The fourth-order valence-electron chi connectivity index (χ4n) is 2.85. The van der Waals surface area contributed by atoms with Crippen LogP contribution < -0.4 is 5.32 Å². The molecule has 1 aromatic carbocycles. The number of benzene rings is 1. The second-order valence-electron chi connectivity index (χ2n) is 6.35. The van der Waals surface area contributed by atoms with Crippen LogP contribution >= 0.6 is 46.1 Å². The average molecular weight is 479 g/mol. The highest BCUT2D eigenvalue weighted by Crippen LogP contribution is 2.27. The first-order valence-electron chi connectivity index (χ1n) is 8.77. The lowest BCUT2D eigenvalue weighted by atomic mass is 10.2. The maximum absolute atomic E-state index is 12.8. The number of rotatable bonds is 5. The van der Waals surface area contributed by atoms with Gasteiger partial charge in [0.2, 0.25) is 0 Å². The van der Waals surface area contributed by atoms with Crippen LogP contribution in [0.25, 0.3) is 11.4 Å². The zero-order chi connectivity index (χ0) is 21.3. The van der Waals surface area contributed by atoms with E-state index in [0.29, 0.717) is 33.1 Å². The maximum Gasteiger partial charge on any atom is 0.262 e. The summed E-state index contributed by atoms with van der Waals surface area (Å²) in [5, 5.41) is 10.7. The molecule has 0 aliphatic rings. The number of nitrogens with one attached hydrogen (secondary N) is 1. The van der Waals surface area contributed by atoms with Gasteiger partial charge in [0.15, 0.2) is 5.13 Å². The lowest BCUT2D eigenvalue weighted by Gasteiger charge is -2.07. The van der Waals surface area contributed by atoms with E-state index in [0.717, 1.165) is 11.3 Å². The van der Waals surface area contributed by atoms with E-state index in [1.807, 2.05) is 23.6 Å². The quantitative estimate of drug-likeness (QED) is 0.383. The van der Waals surface area contributed by atoms with E-state index in [2.05, 4.69) is 20.4 Å². The molecule has 4 rings (SSSR count). The summed E-state index contributed by atoms with van der Waals surface area (Å²) >= 11 is 20.0. The van der Waals surface area contributed by atoms with Gasteiger partial charge in [-0.15, -0.1) is 11.3 Å². The second kappa shape index (κ2) is 8.73. The van der Waals surface area contributed by atoms with Crippen LogP contribution in [0.2, 0.25) is 15.2 Å². The Morgan fingerprint density at radius 1 is 1.17 bits per heavy atom. The summed E-state index contributed by atoms with van der Waals surface area (Å²) in [6.07, 6.45) is 1.69. The average Bonchev–Trinajstić information content (AvgIpc) is 3.29. The second-order valence-corrected chi connectivity index (χ2v) is 8.41. The number of hydrogen-bond acceptors (Lipinski definition) is 5. The predicted octanol–water partition coefficient (Wildman–Crippen LogP) is 5.97. The minimum atomic E-state index is -0.382. The third-order valence-corrected chi connectivity index (χ3v) is 6.01. The van der Waals surface area contributed by atoms with Gasteiger partial charge in [-0.05, 0) is 36.8 Å². The number of halogens is 3. The molecule has 0 fully saturated rings. The van der Waals surface area contributed by atoms with Crippen LogP contribution in [-0.4, -0.2) is 25.7 Å². The normalized spacial score (nSPS) is 10.9. The molecule has 10 heteroatoms. The Labute approximate surface area is 191 Å². The van der Waals surface area contributed by atoms with Gasteiger partial charge in [-0.1, -0.05) is 46.9 Å². The van der Waals surface area contributed by atoms with Crippen LogP contribution in [-0.2, 0) is 6.54 Å². The van der Waals surface area contributed by atoms with Gasteiger partial charge in [0, 0.05) is 21.6 Å². The number of pyridine rings is 1. The number of carbonyl (C=O) groups is 1.